The molecular weight excluding hydrogens is 288 g/mol. The Bertz CT molecular complexity index is 673. The number of carbonyl (C=O) groups excluding carboxylic acids is 1. The molecule has 0 aliphatic carbocycles. The quantitative estimate of drug-likeness (QED) is 0.483. The third-order valence-corrected chi connectivity index (χ3v) is 2.86. The van der Waals surface area contributed by atoms with Crippen LogP contribution < -0.4 is 10.1 Å². The standard InChI is InChI=1S/C15H14N2O5/c18-14-12(7-4-8-13(14)17(20)21)15(19)16-9-10-22-11-5-2-1-3-6-11/h1-8,18H,9-10H2,(H,16,19). The first-order valence-corrected chi connectivity index (χ1v) is 6.52. The first-order chi connectivity index (χ1) is 10.6. The molecule has 0 atom stereocenters. The highest BCUT2D eigenvalue weighted by atomic mass is 16.6. The van der Waals surface area contributed by atoms with Crippen molar-refractivity contribution in [2.45, 2.75) is 0 Å². The molecule has 22 heavy (non-hydrogen) atoms. The van der Waals surface area contributed by atoms with Crippen LogP contribution in [0.1, 0.15) is 10.4 Å². The van der Waals surface area contributed by atoms with E-state index < -0.39 is 22.3 Å². The van der Waals surface area contributed by atoms with E-state index in [9.17, 15) is 20.0 Å². The molecule has 0 saturated heterocycles. The molecular formula is C15H14N2O5. The van der Waals surface area contributed by atoms with Crippen molar-refractivity contribution in [1.82, 2.24) is 5.32 Å². The van der Waals surface area contributed by atoms with Gasteiger partial charge >= 0.3 is 5.69 Å². The van der Waals surface area contributed by atoms with Crippen LogP contribution >= 0.6 is 0 Å². The number of nitro groups is 1. The number of phenols is 1. The summed E-state index contributed by atoms with van der Waals surface area (Å²) in [7, 11) is 0. The number of carbonyl (C=O) groups is 1. The van der Waals surface area contributed by atoms with Crippen molar-refractivity contribution >= 4 is 11.6 Å². The van der Waals surface area contributed by atoms with Gasteiger partial charge in [0, 0.05) is 6.07 Å². The average Bonchev–Trinajstić information content (AvgIpc) is 2.52. The van der Waals surface area contributed by atoms with E-state index in [1.165, 1.54) is 12.1 Å². The van der Waals surface area contributed by atoms with Crippen molar-refractivity contribution in [2.24, 2.45) is 0 Å². The van der Waals surface area contributed by atoms with Crippen LogP contribution in [0.5, 0.6) is 11.5 Å². The molecule has 7 nitrogen and oxygen atoms in total. The summed E-state index contributed by atoms with van der Waals surface area (Å²) in [5.74, 6) is -0.568. The lowest BCUT2D eigenvalue weighted by Gasteiger charge is -2.08. The second kappa shape index (κ2) is 7.07. The number of para-hydroxylation sites is 2. The van der Waals surface area contributed by atoms with Crippen LogP contribution in [0.2, 0.25) is 0 Å². The number of rotatable bonds is 6. The Balaban J connectivity index is 1.90. The Morgan fingerprint density at radius 2 is 1.91 bits per heavy atom. The van der Waals surface area contributed by atoms with Crippen molar-refractivity contribution in [2.75, 3.05) is 13.2 Å². The summed E-state index contributed by atoms with van der Waals surface area (Å²) < 4.78 is 5.40. The van der Waals surface area contributed by atoms with Gasteiger partial charge in [-0.15, -0.1) is 0 Å². The molecule has 0 fully saturated rings. The van der Waals surface area contributed by atoms with E-state index in [-0.39, 0.29) is 18.7 Å². The topological polar surface area (TPSA) is 102 Å². The molecule has 2 N–H and O–H groups in total. The third-order valence-electron chi connectivity index (χ3n) is 2.86. The number of phenolic OH excluding ortho intramolecular Hbond substituents is 1. The number of hydrogen-bond acceptors (Lipinski definition) is 5. The van der Waals surface area contributed by atoms with E-state index >= 15 is 0 Å². The van der Waals surface area contributed by atoms with Crippen LogP contribution in [-0.2, 0) is 0 Å². The highest BCUT2D eigenvalue weighted by molar-refractivity contribution is 5.98. The smallest absolute Gasteiger partial charge is 0.311 e. The molecule has 0 aromatic heterocycles. The van der Waals surface area contributed by atoms with Crippen molar-refractivity contribution in [3.8, 4) is 11.5 Å². The highest BCUT2D eigenvalue weighted by Gasteiger charge is 2.20. The molecule has 0 unspecified atom stereocenters. The summed E-state index contributed by atoms with van der Waals surface area (Å²) in [6.07, 6.45) is 0. The summed E-state index contributed by atoms with van der Waals surface area (Å²) in [5, 5.41) is 23.0. The average molecular weight is 302 g/mol. The van der Waals surface area contributed by atoms with Crippen molar-refractivity contribution in [1.29, 1.82) is 0 Å². The lowest BCUT2D eigenvalue weighted by Crippen LogP contribution is -2.28. The van der Waals surface area contributed by atoms with E-state index in [1.807, 2.05) is 18.2 Å². The van der Waals surface area contributed by atoms with E-state index in [0.717, 1.165) is 6.07 Å². The zero-order chi connectivity index (χ0) is 15.9. The number of nitro benzene ring substituents is 1. The maximum absolute atomic E-state index is 11.9. The van der Waals surface area contributed by atoms with E-state index in [2.05, 4.69) is 5.32 Å². The molecule has 2 rings (SSSR count). The van der Waals surface area contributed by atoms with Crippen LogP contribution in [0.25, 0.3) is 0 Å². The fourth-order valence-electron chi connectivity index (χ4n) is 1.81. The Morgan fingerprint density at radius 1 is 1.18 bits per heavy atom. The van der Waals surface area contributed by atoms with E-state index in [0.29, 0.717) is 5.75 Å². The number of ether oxygens (including phenoxy) is 1. The van der Waals surface area contributed by atoms with Crippen molar-refractivity contribution in [3.05, 3.63) is 64.2 Å². The molecule has 0 spiro atoms. The normalized spacial score (nSPS) is 10.0. The van der Waals surface area contributed by atoms with Gasteiger partial charge in [-0.1, -0.05) is 24.3 Å². The number of benzene rings is 2. The molecule has 0 aliphatic heterocycles. The van der Waals surface area contributed by atoms with Gasteiger partial charge in [0.05, 0.1) is 17.0 Å². The van der Waals surface area contributed by atoms with Gasteiger partial charge in [-0.3, -0.25) is 14.9 Å². The summed E-state index contributed by atoms with van der Waals surface area (Å²) in [5.41, 5.74) is -0.651. The van der Waals surface area contributed by atoms with Crippen LogP contribution in [0.15, 0.2) is 48.5 Å². The lowest BCUT2D eigenvalue weighted by molar-refractivity contribution is -0.385. The molecule has 0 heterocycles. The molecule has 1 amide bonds. The first kappa shape index (κ1) is 15.3. The zero-order valence-electron chi connectivity index (χ0n) is 11.6. The number of nitrogens with one attached hydrogen (secondary N) is 1. The van der Waals surface area contributed by atoms with Gasteiger partial charge < -0.3 is 15.2 Å². The van der Waals surface area contributed by atoms with Gasteiger partial charge in [-0.2, -0.15) is 0 Å². The Hall–Kier alpha value is -3.09. The number of amides is 1. The third kappa shape index (κ3) is 3.72. The minimum Gasteiger partial charge on any atom is -0.502 e. The monoisotopic (exact) mass is 302 g/mol. The lowest BCUT2D eigenvalue weighted by atomic mass is 10.1. The van der Waals surface area contributed by atoms with Gasteiger partial charge in [-0.05, 0) is 18.2 Å². The van der Waals surface area contributed by atoms with Crippen LogP contribution in [0.3, 0.4) is 0 Å². The number of aromatic hydroxyl groups is 1. The fraction of sp³-hybridized carbons (Fsp3) is 0.133. The highest BCUT2D eigenvalue weighted by Crippen LogP contribution is 2.28. The molecule has 0 bridgehead atoms. The minimum absolute atomic E-state index is 0.145. The molecule has 0 saturated carbocycles. The molecule has 7 heteroatoms. The summed E-state index contributed by atoms with van der Waals surface area (Å²) in [6, 6.07) is 12.9. The SMILES string of the molecule is O=C(NCCOc1ccccc1)c1cccc([N+](=O)[O-])c1O. The molecule has 0 radical (unpaired) electrons. The predicted molar refractivity (Wildman–Crippen MR) is 79.0 cm³/mol. The Morgan fingerprint density at radius 3 is 2.59 bits per heavy atom. The second-order valence-electron chi connectivity index (χ2n) is 4.35. The number of nitrogens with zero attached hydrogens (tertiary/aromatic N) is 1. The summed E-state index contributed by atoms with van der Waals surface area (Å²) in [4.78, 5) is 21.9. The van der Waals surface area contributed by atoms with Crippen molar-refractivity contribution in [3.63, 3.8) is 0 Å². The molecule has 0 aliphatic rings. The largest absolute Gasteiger partial charge is 0.502 e. The van der Waals surface area contributed by atoms with E-state index in [1.54, 1.807) is 12.1 Å². The van der Waals surface area contributed by atoms with Gasteiger partial charge in [0.2, 0.25) is 5.75 Å². The van der Waals surface area contributed by atoms with Crippen LogP contribution in [0.4, 0.5) is 5.69 Å². The second-order valence-corrected chi connectivity index (χ2v) is 4.35. The van der Waals surface area contributed by atoms with Gasteiger partial charge in [0.1, 0.15) is 12.4 Å². The Kier molecular flexibility index (Phi) is 4.92. The maximum Gasteiger partial charge on any atom is 0.311 e. The van der Waals surface area contributed by atoms with Gasteiger partial charge in [-0.25, -0.2) is 0 Å². The number of hydrogen-bond donors (Lipinski definition) is 2. The minimum atomic E-state index is -0.745. The molecule has 2 aromatic rings. The van der Waals surface area contributed by atoms with Gasteiger partial charge in [0.15, 0.2) is 0 Å². The first-order valence-electron chi connectivity index (χ1n) is 6.52. The van der Waals surface area contributed by atoms with Crippen LogP contribution in [0, 0.1) is 10.1 Å². The molecule has 114 valence electrons. The van der Waals surface area contributed by atoms with Crippen LogP contribution in [-0.4, -0.2) is 29.1 Å². The fourth-order valence-corrected chi connectivity index (χ4v) is 1.81. The zero-order valence-corrected chi connectivity index (χ0v) is 11.6. The summed E-state index contributed by atoms with van der Waals surface area (Å²) >= 11 is 0. The summed E-state index contributed by atoms with van der Waals surface area (Å²) in [6.45, 7) is 0.446. The van der Waals surface area contributed by atoms with Crippen molar-refractivity contribution < 1.29 is 19.6 Å². The predicted octanol–water partition coefficient (Wildman–Crippen LogP) is 2.11. The maximum atomic E-state index is 11.9. The molecule has 2 aromatic carbocycles. The van der Waals surface area contributed by atoms with E-state index in [4.69, 9.17) is 4.74 Å². The van der Waals surface area contributed by atoms with Gasteiger partial charge in [0.25, 0.3) is 5.91 Å². The Labute approximate surface area is 126 Å².